The Kier molecular flexibility index (Phi) is 6.76. The second-order valence-corrected chi connectivity index (χ2v) is 14.9. The fourth-order valence-electron chi connectivity index (χ4n) is 3.60. The zero-order valence-corrected chi connectivity index (χ0v) is 20.5. The van der Waals surface area contributed by atoms with E-state index in [4.69, 9.17) is 14.6 Å². The van der Waals surface area contributed by atoms with Gasteiger partial charge < -0.3 is 9.47 Å². The number of para-hydroxylation sites is 1. The molecule has 0 N–H and O–H groups in total. The number of benzene rings is 2. The standard InChI is InChI=1S/C25H26F3N3O2Si/c1-32-22-8-6-5-7-18(22)24-19-11-17(16-12-20(26)23(28)21(27)13-16)14-29-25(19)31(30-24)15-33-9-10-34(2,3)4/h5-8,11-14H,9-10,15H2,1-4H3. The van der Waals surface area contributed by atoms with Gasteiger partial charge in [0, 0.05) is 37.4 Å². The first-order chi connectivity index (χ1) is 16.2. The summed E-state index contributed by atoms with van der Waals surface area (Å²) < 4.78 is 54.3. The van der Waals surface area contributed by atoms with Gasteiger partial charge in [0.05, 0.1) is 7.11 Å². The van der Waals surface area contributed by atoms with Gasteiger partial charge in [-0.15, -0.1) is 0 Å². The molecule has 0 radical (unpaired) electrons. The summed E-state index contributed by atoms with van der Waals surface area (Å²) in [6, 6.07) is 12.1. The number of halogens is 3. The molecule has 4 aromatic rings. The molecule has 178 valence electrons. The zero-order valence-electron chi connectivity index (χ0n) is 19.5. The topological polar surface area (TPSA) is 49.2 Å². The highest BCUT2D eigenvalue weighted by Gasteiger charge is 2.19. The molecule has 0 aliphatic heterocycles. The van der Waals surface area contributed by atoms with Crippen molar-refractivity contribution in [3.05, 3.63) is 66.1 Å². The zero-order chi connectivity index (χ0) is 24.5. The summed E-state index contributed by atoms with van der Waals surface area (Å²) in [5.41, 5.74) is 2.50. The third-order valence-corrected chi connectivity index (χ3v) is 7.18. The Bertz CT molecular complexity index is 1310. The number of ether oxygens (including phenoxy) is 2. The summed E-state index contributed by atoms with van der Waals surface area (Å²) in [5, 5.41) is 5.39. The maximum Gasteiger partial charge on any atom is 0.194 e. The minimum atomic E-state index is -1.50. The number of methoxy groups -OCH3 is 1. The molecule has 0 saturated carbocycles. The highest BCUT2D eigenvalue weighted by molar-refractivity contribution is 6.76. The minimum absolute atomic E-state index is 0.177. The van der Waals surface area contributed by atoms with Crippen LogP contribution in [0, 0.1) is 17.5 Å². The van der Waals surface area contributed by atoms with Gasteiger partial charge in [-0.1, -0.05) is 31.8 Å². The van der Waals surface area contributed by atoms with Crippen LogP contribution < -0.4 is 4.74 Å². The lowest BCUT2D eigenvalue weighted by Crippen LogP contribution is -2.22. The molecule has 0 aliphatic rings. The van der Waals surface area contributed by atoms with E-state index in [0.29, 0.717) is 34.6 Å². The Morgan fingerprint density at radius 3 is 2.35 bits per heavy atom. The summed E-state index contributed by atoms with van der Waals surface area (Å²) in [6.45, 7) is 7.67. The van der Waals surface area contributed by atoms with Gasteiger partial charge in [-0.2, -0.15) is 5.10 Å². The first kappa shape index (κ1) is 24.0. The third kappa shape index (κ3) is 5.00. The molecule has 0 saturated heterocycles. The SMILES string of the molecule is COc1ccccc1-c1nn(COCC[Si](C)(C)C)c2ncc(-c3cc(F)c(F)c(F)c3)cc12. The van der Waals surface area contributed by atoms with Crippen LogP contribution in [-0.2, 0) is 11.5 Å². The summed E-state index contributed by atoms with van der Waals surface area (Å²) >= 11 is 0. The van der Waals surface area contributed by atoms with Crippen LogP contribution >= 0.6 is 0 Å². The first-order valence-electron chi connectivity index (χ1n) is 10.9. The van der Waals surface area contributed by atoms with E-state index in [1.54, 1.807) is 17.9 Å². The van der Waals surface area contributed by atoms with E-state index in [0.717, 1.165) is 23.7 Å². The number of rotatable bonds is 8. The fourth-order valence-corrected chi connectivity index (χ4v) is 4.35. The molecule has 2 heterocycles. The average molecular weight is 486 g/mol. The Hall–Kier alpha value is -3.17. The lowest BCUT2D eigenvalue weighted by molar-refractivity contribution is 0.0814. The number of fused-ring (bicyclic) bond motifs is 1. The molecule has 0 unspecified atom stereocenters. The molecule has 0 aliphatic carbocycles. The van der Waals surface area contributed by atoms with E-state index < -0.39 is 25.5 Å². The van der Waals surface area contributed by atoms with E-state index in [-0.39, 0.29) is 12.3 Å². The smallest absolute Gasteiger partial charge is 0.194 e. The van der Waals surface area contributed by atoms with Gasteiger partial charge in [0.25, 0.3) is 0 Å². The van der Waals surface area contributed by atoms with Crippen molar-refractivity contribution >= 4 is 19.1 Å². The summed E-state index contributed by atoms with van der Waals surface area (Å²) in [4.78, 5) is 4.52. The van der Waals surface area contributed by atoms with Gasteiger partial charge in [0.1, 0.15) is 18.2 Å². The molecule has 0 bridgehead atoms. The predicted octanol–water partition coefficient (Wildman–Crippen LogP) is 6.50. The highest BCUT2D eigenvalue weighted by Crippen LogP contribution is 2.35. The van der Waals surface area contributed by atoms with Gasteiger partial charge in [-0.3, -0.25) is 0 Å². The van der Waals surface area contributed by atoms with Crippen molar-refractivity contribution in [3.8, 4) is 28.1 Å². The van der Waals surface area contributed by atoms with E-state index in [9.17, 15) is 13.2 Å². The summed E-state index contributed by atoms with van der Waals surface area (Å²) in [5.74, 6) is -3.40. The van der Waals surface area contributed by atoms with Crippen molar-refractivity contribution in [2.24, 2.45) is 0 Å². The van der Waals surface area contributed by atoms with Crippen LogP contribution in [0.4, 0.5) is 13.2 Å². The lowest BCUT2D eigenvalue weighted by Gasteiger charge is -2.15. The van der Waals surface area contributed by atoms with Crippen molar-refractivity contribution in [2.45, 2.75) is 32.4 Å². The third-order valence-electron chi connectivity index (χ3n) is 5.48. The van der Waals surface area contributed by atoms with Gasteiger partial charge in [0.2, 0.25) is 0 Å². The molecule has 2 aromatic heterocycles. The van der Waals surface area contributed by atoms with Crippen molar-refractivity contribution < 1.29 is 22.6 Å². The fraction of sp³-hybridized carbons (Fsp3) is 0.280. The van der Waals surface area contributed by atoms with Crippen LogP contribution in [0.1, 0.15) is 0 Å². The van der Waals surface area contributed by atoms with E-state index in [2.05, 4.69) is 24.6 Å². The number of hydrogen-bond donors (Lipinski definition) is 0. The number of aromatic nitrogens is 3. The maximum atomic E-state index is 13.9. The minimum Gasteiger partial charge on any atom is -0.496 e. The van der Waals surface area contributed by atoms with Crippen LogP contribution in [0.3, 0.4) is 0 Å². The summed E-state index contributed by atoms with van der Waals surface area (Å²) in [6.07, 6.45) is 1.49. The molecule has 34 heavy (non-hydrogen) atoms. The van der Waals surface area contributed by atoms with Crippen LogP contribution in [0.5, 0.6) is 5.75 Å². The van der Waals surface area contributed by atoms with Crippen molar-refractivity contribution in [2.75, 3.05) is 13.7 Å². The van der Waals surface area contributed by atoms with Crippen LogP contribution in [-0.4, -0.2) is 36.6 Å². The number of hydrogen-bond acceptors (Lipinski definition) is 4. The monoisotopic (exact) mass is 485 g/mol. The maximum absolute atomic E-state index is 13.9. The molecule has 0 atom stereocenters. The Labute approximate surface area is 197 Å². The summed E-state index contributed by atoms with van der Waals surface area (Å²) in [7, 11) is 0.333. The lowest BCUT2D eigenvalue weighted by atomic mass is 10.0. The molecular formula is C25H26F3N3O2Si. The number of nitrogens with zero attached hydrogens (tertiary/aromatic N) is 3. The van der Waals surface area contributed by atoms with Crippen LogP contribution in [0.2, 0.25) is 25.7 Å². The first-order valence-corrected chi connectivity index (χ1v) is 14.6. The second kappa shape index (κ2) is 9.59. The largest absolute Gasteiger partial charge is 0.496 e. The van der Waals surface area contributed by atoms with E-state index in [1.807, 2.05) is 24.3 Å². The van der Waals surface area contributed by atoms with E-state index >= 15 is 0 Å². The number of pyridine rings is 1. The van der Waals surface area contributed by atoms with Gasteiger partial charge in [-0.25, -0.2) is 22.8 Å². The van der Waals surface area contributed by atoms with Crippen LogP contribution in [0.25, 0.3) is 33.4 Å². The van der Waals surface area contributed by atoms with Gasteiger partial charge in [-0.05, 0) is 41.9 Å². The van der Waals surface area contributed by atoms with E-state index in [1.165, 1.54) is 6.20 Å². The average Bonchev–Trinajstić information content (AvgIpc) is 3.17. The van der Waals surface area contributed by atoms with Crippen molar-refractivity contribution in [3.63, 3.8) is 0 Å². The molecule has 9 heteroatoms. The predicted molar refractivity (Wildman–Crippen MR) is 129 cm³/mol. The normalized spacial score (nSPS) is 11.9. The molecular weight excluding hydrogens is 459 g/mol. The van der Waals surface area contributed by atoms with Gasteiger partial charge in [0.15, 0.2) is 23.1 Å². The van der Waals surface area contributed by atoms with Crippen molar-refractivity contribution in [1.29, 1.82) is 0 Å². The molecule has 5 nitrogen and oxygen atoms in total. The Morgan fingerprint density at radius 1 is 0.971 bits per heavy atom. The quantitative estimate of drug-likeness (QED) is 0.162. The Balaban J connectivity index is 1.80. The molecule has 0 spiro atoms. The molecule has 0 amide bonds. The van der Waals surface area contributed by atoms with Crippen molar-refractivity contribution in [1.82, 2.24) is 14.8 Å². The highest BCUT2D eigenvalue weighted by atomic mass is 28.3. The molecule has 0 fully saturated rings. The molecule has 2 aromatic carbocycles. The Morgan fingerprint density at radius 2 is 1.68 bits per heavy atom. The second-order valence-electron chi connectivity index (χ2n) is 9.25. The molecule has 4 rings (SSSR count). The van der Waals surface area contributed by atoms with Crippen LogP contribution in [0.15, 0.2) is 48.7 Å². The van der Waals surface area contributed by atoms with Gasteiger partial charge >= 0.3 is 0 Å².